The summed E-state index contributed by atoms with van der Waals surface area (Å²) in [5.41, 5.74) is -0.169. The van der Waals surface area contributed by atoms with Crippen LogP contribution in [0.25, 0.3) is 0 Å². The average molecular weight is 482 g/mol. The summed E-state index contributed by atoms with van der Waals surface area (Å²) in [4.78, 5) is 50.9. The molecule has 0 unspecified atom stereocenters. The standard InChI is InChI=1S/C25H17F3N2O5/c26-25(27,28)17-7-4-8-18(12-17)29-21(31)14-35-24(34)16-9-10-19-20(11-16)23(33)30(22(19)32)13-15-5-2-1-3-6-15/h1-12H,13-14H2,(H,29,31). The Labute approximate surface area is 197 Å². The maximum absolute atomic E-state index is 12.8. The van der Waals surface area contributed by atoms with Gasteiger partial charge in [0.05, 0.1) is 28.8 Å². The van der Waals surface area contributed by atoms with Gasteiger partial charge in [-0.2, -0.15) is 13.2 Å². The minimum absolute atomic E-state index is 0.0359. The second-order valence-electron chi connectivity index (χ2n) is 7.65. The molecule has 0 fully saturated rings. The third kappa shape index (κ3) is 5.21. The lowest BCUT2D eigenvalue weighted by molar-refractivity contribution is -0.137. The molecule has 1 aliphatic rings. The van der Waals surface area contributed by atoms with E-state index in [1.165, 1.54) is 24.3 Å². The molecule has 0 saturated carbocycles. The van der Waals surface area contributed by atoms with Crippen molar-refractivity contribution >= 4 is 29.4 Å². The van der Waals surface area contributed by atoms with Crippen molar-refractivity contribution in [1.82, 2.24) is 4.90 Å². The van der Waals surface area contributed by atoms with Crippen LogP contribution in [0, 0.1) is 0 Å². The fraction of sp³-hybridized carbons (Fsp3) is 0.120. The molecule has 1 heterocycles. The van der Waals surface area contributed by atoms with Crippen LogP contribution in [0.4, 0.5) is 18.9 Å². The summed E-state index contributed by atoms with van der Waals surface area (Å²) in [6, 6.07) is 16.8. The minimum atomic E-state index is -4.57. The van der Waals surface area contributed by atoms with Gasteiger partial charge in [-0.1, -0.05) is 36.4 Å². The van der Waals surface area contributed by atoms with Crippen LogP contribution in [0.1, 0.15) is 42.2 Å². The van der Waals surface area contributed by atoms with Crippen molar-refractivity contribution in [3.05, 3.63) is 101 Å². The molecular weight excluding hydrogens is 465 g/mol. The molecule has 178 valence electrons. The first kappa shape index (κ1) is 23.7. The van der Waals surface area contributed by atoms with Crippen LogP contribution in [0.3, 0.4) is 0 Å². The summed E-state index contributed by atoms with van der Waals surface area (Å²) < 4.78 is 43.3. The van der Waals surface area contributed by atoms with Crippen molar-refractivity contribution < 1.29 is 37.1 Å². The molecule has 1 N–H and O–H groups in total. The van der Waals surface area contributed by atoms with Crippen molar-refractivity contribution in [1.29, 1.82) is 0 Å². The number of ether oxygens (including phenoxy) is 1. The van der Waals surface area contributed by atoms with Crippen LogP contribution in [0.2, 0.25) is 0 Å². The van der Waals surface area contributed by atoms with E-state index in [4.69, 9.17) is 4.74 Å². The average Bonchev–Trinajstić information content (AvgIpc) is 3.07. The molecule has 0 radical (unpaired) electrons. The predicted molar refractivity (Wildman–Crippen MR) is 117 cm³/mol. The van der Waals surface area contributed by atoms with Crippen LogP contribution in [0.15, 0.2) is 72.8 Å². The lowest BCUT2D eigenvalue weighted by Gasteiger charge is -2.13. The lowest BCUT2D eigenvalue weighted by atomic mass is 10.1. The molecular formula is C25H17F3N2O5. The van der Waals surface area contributed by atoms with E-state index in [0.29, 0.717) is 0 Å². The van der Waals surface area contributed by atoms with E-state index >= 15 is 0 Å². The quantitative estimate of drug-likeness (QED) is 0.418. The zero-order chi connectivity index (χ0) is 25.2. The van der Waals surface area contributed by atoms with Crippen molar-refractivity contribution in [3.8, 4) is 0 Å². The molecule has 4 rings (SSSR count). The number of rotatable bonds is 6. The van der Waals surface area contributed by atoms with Gasteiger partial charge in [-0.15, -0.1) is 0 Å². The first-order valence-corrected chi connectivity index (χ1v) is 10.3. The molecule has 10 heteroatoms. The second-order valence-corrected chi connectivity index (χ2v) is 7.65. The Hall–Kier alpha value is -4.47. The number of esters is 1. The van der Waals surface area contributed by atoms with Gasteiger partial charge in [0.25, 0.3) is 17.7 Å². The van der Waals surface area contributed by atoms with Crippen molar-refractivity contribution in [2.75, 3.05) is 11.9 Å². The summed E-state index contributed by atoms with van der Waals surface area (Å²) in [7, 11) is 0. The molecule has 0 aliphatic carbocycles. The number of carbonyl (C=O) groups excluding carboxylic acids is 4. The first-order chi connectivity index (χ1) is 16.6. The van der Waals surface area contributed by atoms with Crippen molar-refractivity contribution in [2.24, 2.45) is 0 Å². The number of hydrogen-bond acceptors (Lipinski definition) is 5. The molecule has 0 aromatic heterocycles. The number of amides is 3. The normalized spacial score (nSPS) is 12.9. The van der Waals surface area contributed by atoms with Gasteiger partial charge in [-0.25, -0.2) is 4.79 Å². The molecule has 0 bridgehead atoms. The summed E-state index contributed by atoms with van der Waals surface area (Å²) >= 11 is 0. The molecule has 3 aromatic carbocycles. The van der Waals surface area contributed by atoms with E-state index in [2.05, 4.69) is 5.32 Å². The highest BCUT2D eigenvalue weighted by molar-refractivity contribution is 6.21. The SMILES string of the molecule is O=C(COC(=O)c1ccc2c(c1)C(=O)N(Cc1ccccc1)C2=O)Nc1cccc(C(F)(F)F)c1. The van der Waals surface area contributed by atoms with Crippen LogP contribution >= 0.6 is 0 Å². The van der Waals surface area contributed by atoms with Gasteiger partial charge in [0.2, 0.25) is 0 Å². The molecule has 1 aliphatic heterocycles. The van der Waals surface area contributed by atoms with Crippen LogP contribution in [-0.2, 0) is 22.3 Å². The van der Waals surface area contributed by atoms with Gasteiger partial charge in [-0.05, 0) is 42.0 Å². The topological polar surface area (TPSA) is 92.8 Å². The number of benzene rings is 3. The molecule has 0 saturated heterocycles. The predicted octanol–water partition coefficient (Wildman–Crippen LogP) is 4.30. The number of halogens is 3. The Morgan fingerprint density at radius 3 is 2.29 bits per heavy atom. The molecule has 0 spiro atoms. The third-order valence-corrected chi connectivity index (χ3v) is 5.20. The summed E-state index contributed by atoms with van der Waals surface area (Å²) in [5.74, 6) is -2.84. The number of hydrogen-bond donors (Lipinski definition) is 1. The highest BCUT2D eigenvalue weighted by Gasteiger charge is 2.36. The van der Waals surface area contributed by atoms with Gasteiger partial charge in [-0.3, -0.25) is 19.3 Å². The summed E-state index contributed by atoms with van der Waals surface area (Å²) in [6.07, 6.45) is -4.57. The highest BCUT2D eigenvalue weighted by atomic mass is 19.4. The molecule has 35 heavy (non-hydrogen) atoms. The summed E-state index contributed by atoms with van der Waals surface area (Å²) in [5, 5.41) is 2.22. The zero-order valence-electron chi connectivity index (χ0n) is 18.0. The van der Waals surface area contributed by atoms with E-state index < -0.39 is 42.0 Å². The number of imide groups is 1. The van der Waals surface area contributed by atoms with Gasteiger partial charge >= 0.3 is 12.1 Å². The number of carbonyl (C=O) groups is 4. The Morgan fingerprint density at radius 2 is 1.57 bits per heavy atom. The van der Waals surface area contributed by atoms with Gasteiger partial charge in [0.15, 0.2) is 6.61 Å². The molecule has 3 aromatic rings. The number of nitrogens with zero attached hydrogens (tertiary/aromatic N) is 1. The smallest absolute Gasteiger partial charge is 0.416 e. The fourth-order valence-electron chi connectivity index (χ4n) is 3.51. The van der Waals surface area contributed by atoms with Crippen LogP contribution < -0.4 is 5.32 Å². The minimum Gasteiger partial charge on any atom is -0.452 e. The van der Waals surface area contributed by atoms with Crippen molar-refractivity contribution in [3.63, 3.8) is 0 Å². The third-order valence-electron chi connectivity index (χ3n) is 5.20. The number of alkyl halides is 3. The lowest BCUT2D eigenvalue weighted by Crippen LogP contribution is -2.29. The van der Waals surface area contributed by atoms with Crippen LogP contribution in [0.5, 0.6) is 0 Å². The Morgan fingerprint density at radius 1 is 0.857 bits per heavy atom. The molecule has 7 nitrogen and oxygen atoms in total. The van der Waals surface area contributed by atoms with E-state index in [1.54, 1.807) is 24.3 Å². The zero-order valence-corrected chi connectivity index (χ0v) is 18.0. The van der Waals surface area contributed by atoms with Crippen molar-refractivity contribution in [2.45, 2.75) is 12.7 Å². The van der Waals surface area contributed by atoms with Gasteiger partial charge in [0.1, 0.15) is 0 Å². The Balaban J connectivity index is 1.39. The van der Waals surface area contributed by atoms with Gasteiger partial charge < -0.3 is 10.1 Å². The van der Waals surface area contributed by atoms with Crippen LogP contribution in [-0.4, -0.2) is 35.2 Å². The Kier molecular flexibility index (Phi) is 6.37. The molecule has 0 atom stereocenters. The Bertz CT molecular complexity index is 1320. The first-order valence-electron chi connectivity index (χ1n) is 10.3. The van der Waals surface area contributed by atoms with Gasteiger partial charge in [0, 0.05) is 5.69 Å². The van der Waals surface area contributed by atoms with E-state index in [9.17, 15) is 32.3 Å². The largest absolute Gasteiger partial charge is 0.452 e. The van der Waals surface area contributed by atoms with E-state index in [0.717, 1.165) is 28.7 Å². The maximum atomic E-state index is 12.8. The monoisotopic (exact) mass is 482 g/mol. The number of nitrogens with one attached hydrogen (secondary N) is 1. The summed E-state index contributed by atoms with van der Waals surface area (Å²) in [6.45, 7) is -0.693. The number of anilines is 1. The maximum Gasteiger partial charge on any atom is 0.416 e. The number of fused-ring (bicyclic) bond motifs is 1. The second kappa shape index (κ2) is 9.41. The highest BCUT2D eigenvalue weighted by Crippen LogP contribution is 2.30. The molecule has 3 amide bonds. The van der Waals surface area contributed by atoms with E-state index in [-0.39, 0.29) is 28.9 Å². The van der Waals surface area contributed by atoms with E-state index in [1.807, 2.05) is 6.07 Å². The fourth-order valence-corrected chi connectivity index (χ4v) is 3.51.